The summed E-state index contributed by atoms with van der Waals surface area (Å²) in [6, 6.07) is 1.04. The summed E-state index contributed by atoms with van der Waals surface area (Å²) in [4.78, 5) is 0. The van der Waals surface area contributed by atoms with Crippen LogP contribution in [0.1, 0.15) is 44.7 Å². The van der Waals surface area contributed by atoms with Gasteiger partial charge in [-0.05, 0) is 33.1 Å². The van der Waals surface area contributed by atoms with Crippen LogP contribution in [0.4, 0.5) is 0 Å². The minimum Gasteiger partial charge on any atom is -0.381 e. The number of methoxy groups -OCH3 is 1. The van der Waals surface area contributed by atoms with E-state index in [0.29, 0.717) is 18.2 Å². The van der Waals surface area contributed by atoms with Gasteiger partial charge in [-0.15, -0.1) is 0 Å². The molecule has 1 aliphatic rings. The number of nitrogens with one attached hydrogen (secondary N) is 1. The Kier molecular flexibility index (Phi) is 4.18. The molecule has 0 spiro atoms. The van der Waals surface area contributed by atoms with Gasteiger partial charge in [-0.25, -0.2) is 0 Å². The summed E-state index contributed by atoms with van der Waals surface area (Å²) < 4.78 is 7.38. The van der Waals surface area contributed by atoms with Gasteiger partial charge in [0.1, 0.15) is 0 Å². The minimum atomic E-state index is 0.438. The van der Waals surface area contributed by atoms with E-state index in [-0.39, 0.29) is 0 Å². The molecule has 2 rings (SSSR count). The van der Waals surface area contributed by atoms with Crippen LogP contribution in [0.5, 0.6) is 0 Å². The lowest BCUT2D eigenvalue weighted by Gasteiger charge is -2.11. The van der Waals surface area contributed by atoms with Crippen molar-refractivity contribution in [3.05, 3.63) is 18.0 Å². The first kappa shape index (κ1) is 12.6. The molecule has 1 aromatic rings. The maximum absolute atomic E-state index is 5.37. The van der Waals surface area contributed by atoms with Gasteiger partial charge in [0.2, 0.25) is 0 Å². The fraction of sp³-hybridized carbons (Fsp3) is 0.769. The minimum absolute atomic E-state index is 0.438. The van der Waals surface area contributed by atoms with Crippen LogP contribution >= 0.6 is 0 Å². The van der Waals surface area contributed by atoms with E-state index in [0.717, 1.165) is 13.0 Å². The number of nitrogens with zero attached hydrogens (tertiary/aromatic N) is 2. The quantitative estimate of drug-likeness (QED) is 0.852. The van der Waals surface area contributed by atoms with Crippen molar-refractivity contribution in [3.63, 3.8) is 0 Å². The molecule has 2 atom stereocenters. The highest BCUT2D eigenvalue weighted by atomic mass is 16.5. The molecule has 4 heteroatoms. The molecule has 1 fully saturated rings. The molecular formula is C13H23N3O. The predicted octanol–water partition coefficient (Wildman–Crippen LogP) is 2.12. The summed E-state index contributed by atoms with van der Waals surface area (Å²) in [5.74, 6) is 0. The molecule has 2 unspecified atom stereocenters. The second kappa shape index (κ2) is 5.65. The van der Waals surface area contributed by atoms with Gasteiger partial charge < -0.3 is 10.1 Å². The Morgan fingerprint density at radius 2 is 2.35 bits per heavy atom. The fourth-order valence-electron chi connectivity index (χ4n) is 2.35. The van der Waals surface area contributed by atoms with Crippen molar-refractivity contribution in [2.75, 3.05) is 7.11 Å². The fourth-order valence-corrected chi connectivity index (χ4v) is 2.35. The Hall–Kier alpha value is -0.870. The van der Waals surface area contributed by atoms with Gasteiger partial charge in [0.15, 0.2) is 0 Å². The van der Waals surface area contributed by atoms with Crippen LogP contribution in [-0.2, 0) is 11.3 Å². The number of hydrogen-bond donors (Lipinski definition) is 1. The lowest BCUT2D eigenvalue weighted by molar-refractivity contribution is 0.107. The maximum Gasteiger partial charge on any atom is 0.0586 e. The van der Waals surface area contributed by atoms with E-state index < -0.39 is 0 Å². The zero-order valence-electron chi connectivity index (χ0n) is 11.0. The summed E-state index contributed by atoms with van der Waals surface area (Å²) in [7, 11) is 1.81. The first-order valence-electron chi connectivity index (χ1n) is 6.48. The highest BCUT2D eigenvalue weighted by Crippen LogP contribution is 2.21. The van der Waals surface area contributed by atoms with Gasteiger partial charge in [0.25, 0.3) is 0 Å². The number of ether oxygens (including phenoxy) is 1. The largest absolute Gasteiger partial charge is 0.381 e. The molecule has 0 radical (unpaired) electrons. The van der Waals surface area contributed by atoms with E-state index in [1.54, 1.807) is 7.11 Å². The van der Waals surface area contributed by atoms with E-state index in [2.05, 4.69) is 30.5 Å². The van der Waals surface area contributed by atoms with Gasteiger partial charge >= 0.3 is 0 Å². The van der Waals surface area contributed by atoms with Crippen molar-refractivity contribution in [1.82, 2.24) is 15.1 Å². The first-order valence-corrected chi connectivity index (χ1v) is 6.48. The lowest BCUT2D eigenvalue weighted by atomic mass is 10.2. The van der Waals surface area contributed by atoms with Gasteiger partial charge in [0, 0.05) is 37.5 Å². The second-order valence-electron chi connectivity index (χ2n) is 5.17. The van der Waals surface area contributed by atoms with Crippen LogP contribution in [-0.4, -0.2) is 29.0 Å². The SMILES string of the molecule is COC1CCC(NCc2cnn(C(C)C)c2)C1. The highest BCUT2D eigenvalue weighted by molar-refractivity contribution is 5.04. The summed E-state index contributed by atoms with van der Waals surface area (Å²) in [5.41, 5.74) is 1.26. The van der Waals surface area contributed by atoms with Gasteiger partial charge in [0.05, 0.1) is 12.3 Å². The monoisotopic (exact) mass is 237 g/mol. The molecule has 17 heavy (non-hydrogen) atoms. The van der Waals surface area contributed by atoms with Crippen LogP contribution in [0.3, 0.4) is 0 Å². The van der Waals surface area contributed by atoms with Crippen LogP contribution in [0.2, 0.25) is 0 Å². The van der Waals surface area contributed by atoms with Crippen LogP contribution in [0.15, 0.2) is 12.4 Å². The zero-order chi connectivity index (χ0) is 12.3. The third-order valence-corrected chi connectivity index (χ3v) is 3.50. The van der Waals surface area contributed by atoms with E-state index >= 15 is 0 Å². The van der Waals surface area contributed by atoms with Crippen LogP contribution in [0.25, 0.3) is 0 Å². The Morgan fingerprint density at radius 3 is 2.94 bits per heavy atom. The predicted molar refractivity (Wildman–Crippen MR) is 67.9 cm³/mol. The Bertz CT molecular complexity index is 348. The smallest absolute Gasteiger partial charge is 0.0586 e. The van der Waals surface area contributed by atoms with Crippen molar-refractivity contribution in [2.24, 2.45) is 0 Å². The average molecular weight is 237 g/mol. The number of aromatic nitrogens is 2. The standard InChI is InChI=1S/C13H23N3O/c1-10(2)16-9-11(8-15-16)7-14-12-4-5-13(6-12)17-3/h8-10,12-14H,4-7H2,1-3H3. The molecule has 1 saturated carbocycles. The summed E-state index contributed by atoms with van der Waals surface area (Å²) >= 11 is 0. The summed E-state index contributed by atoms with van der Waals surface area (Å²) in [6.45, 7) is 5.20. The lowest BCUT2D eigenvalue weighted by Crippen LogP contribution is -2.26. The third-order valence-electron chi connectivity index (χ3n) is 3.50. The average Bonchev–Trinajstić information content (AvgIpc) is 2.95. The molecule has 1 aliphatic carbocycles. The van der Waals surface area contributed by atoms with Crippen molar-refractivity contribution in [1.29, 1.82) is 0 Å². The van der Waals surface area contributed by atoms with Gasteiger partial charge in [-0.2, -0.15) is 5.10 Å². The zero-order valence-corrected chi connectivity index (χ0v) is 11.0. The van der Waals surface area contributed by atoms with Gasteiger partial charge in [-0.1, -0.05) is 0 Å². The van der Waals surface area contributed by atoms with E-state index in [9.17, 15) is 0 Å². The van der Waals surface area contributed by atoms with Crippen molar-refractivity contribution >= 4 is 0 Å². The normalized spacial score (nSPS) is 24.7. The number of rotatable bonds is 5. The summed E-state index contributed by atoms with van der Waals surface area (Å²) in [6.07, 6.45) is 8.06. The number of hydrogen-bond acceptors (Lipinski definition) is 3. The topological polar surface area (TPSA) is 39.1 Å². The molecule has 0 bridgehead atoms. The molecule has 0 aromatic carbocycles. The molecule has 4 nitrogen and oxygen atoms in total. The second-order valence-corrected chi connectivity index (χ2v) is 5.17. The molecular weight excluding hydrogens is 214 g/mol. The van der Waals surface area contributed by atoms with E-state index in [1.807, 2.05) is 10.9 Å². The molecule has 96 valence electrons. The Labute approximate surface area is 103 Å². The van der Waals surface area contributed by atoms with Crippen molar-refractivity contribution in [3.8, 4) is 0 Å². The molecule has 0 aliphatic heterocycles. The van der Waals surface area contributed by atoms with Crippen LogP contribution in [0, 0.1) is 0 Å². The molecule has 1 heterocycles. The molecule has 0 amide bonds. The maximum atomic E-state index is 5.37. The summed E-state index contributed by atoms with van der Waals surface area (Å²) in [5, 5.41) is 7.93. The van der Waals surface area contributed by atoms with E-state index in [1.165, 1.54) is 18.4 Å². The highest BCUT2D eigenvalue weighted by Gasteiger charge is 2.23. The first-order chi connectivity index (χ1) is 8.19. The Morgan fingerprint density at radius 1 is 1.53 bits per heavy atom. The third kappa shape index (κ3) is 3.30. The molecule has 1 N–H and O–H groups in total. The van der Waals surface area contributed by atoms with Gasteiger partial charge in [-0.3, -0.25) is 4.68 Å². The van der Waals surface area contributed by atoms with Crippen LogP contribution < -0.4 is 5.32 Å². The van der Waals surface area contributed by atoms with Crippen molar-refractivity contribution < 1.29 is 4.74 Å². The van der Waals surface area contributed by atoms with E-state index in [4.69, 9.17) is 4.74 Å². The molecule has 1 aromatic heterocycles. The molecule has 0 saturated heterocycles. The van der Waals surface area contributed by atoms with Crippen molar-refractivity contribution in [2.45, 2.75) is 57.8 Å². The Balaban J connectivity index is 1.78.